The third-order valence-electron chi connectivity index (χ3n) is 3.07. The number of aromatic nitrogens is 1. The van der Waals surface area contributed by atoms with Gasteiger partial charge in [-0.15, -0.1) is 0 Å². The van der Waals surface area contributed by atoms with Gasteiger partial charge < -0.3 is 4.98 Å². The second-order valence-electron chi connectivity index (χ2n) is 4.22. The molecule has 19 heavy (non-hydrogen) atoms. The van der Waals surface area contributed by atoms with Crippen molar-refractivity contribution in [2.24, 2.45) is 0 Å². The summed E-state index contributed by atoms with van der Waals surface area (Å²) in [7, 11) is 0.571. The van der Waals surface area contributed by atoms with E-state index >= 15 is 0 Å². The van der Waals surface area contributed by atoms with Gasteiger partial charge in [0.1, 0.15) is 6.21 Å². The maximum absolute atomic E-state index is 13.0. The van der Waals surface area contributed by atoms with E-state index in [0.717, 1.165) is 22.5 Å². The van der Waals surface area contributed by atoms with Gasteiger partial charge in [-0.25, -0.2) is 4.32 Å². The van der Waals surface area contributed by atoms with Crippen LogP contribution in [0.5, 0.6) is 0 Å². The molecule has 2 heterocycles. The first kappa shape index (κ1) is 11.7. The number of H-pyrrole nitrogens is 1. The fraction of sp³-hybridized carbons (Fsp3) is 0. The minimum Gasteiger partial charge on any atom is -0.361 e. The predicted molar refractivity (Wildman–Crippen MR) is 75.6 cm³/mol. The Morgan fingerprint density at radius 3 is 2.63 bits per heavy atom. The van der Waals surface area contributed by atoms with Gasteiger partial charge in [0.15, 0.2) is 5.70 Å². The quantitative estimate of drug-likeness (QED) is 0.807. The molecule has 1 N–H and O–H groups in total. The van der Waals surface area contributed by atoms with Crippen LogP contribution in [0.3, 0.4) is 0 Å². The van der Waals surface area contributed by atoms with Crippen molar-refractivity contribution in [1.82, 2.24) is 4.98 Å². The predicted octanol–water partition coefficient (Wildman–Crippen LogP) is 2.93. The lowest BCUT2D eigenvalue weighted by Crippen LogP contribution is -2.11. The highest BCUT2D eigenvalue weighted by Gasteiger charge is 2.25. The van der Waals surface area contributed by atoms with E-state index in [9.17, 15) is 4.32 Å². The molecule has 1 aromatic carbocycles. The zero-order valence-corrected chi connectivity index (χ0v) is 10.3. The van der Waals surface area contributed by atoms with E-state index in [1.165, 1.54) is 4.49 Å². The molecule has 0 atom stereocenters. The first-order valence-corrected chi connectivity index (χ1v) is 6.07. The van der Waals surface area contributed by atoms with Crippen LogP contribution in [0.15, 0.2) is 66.5 Å². The number of rotatable bonds is 3. The Kier molecular flexibility index (Phi) is 3.15. The summed E-state index contributed by atoms with van der Waals surface area (Å²) < 4.78 is 14.4. The van der Waals surface area contributed by atoms with Crippen molar-refractivity contribution in [3.63, 3.8) is 0 Å². The van der Waals surface area contributed by atoms with E-state index in [1.54, 1.807) is 6.21 Å². The van der Waals surface area contributed by atoms with Gasteiger partial charge in [-0.05, 0) is 17.7 Å². The molecular weight excluding hydrogens is 238 g/mol. The number of hydrogen-bond acceptors (Lipinski definition) is 0. The normalized spacial score (nSPS) is 16.4. The van der Waals surface area contributed by atoms with E-state index in [0.29, 0.717) is 7.69 Å². The zero-order chi connectivity index (χ0) is 13.1. The topological polar surface area (TPSA) is 18.8 Å². The van der Waals surface area contributed by atoms with E-state index in [-0.39, 0.29) is 0 Å². The number of nitrogens with one attached hydrogen (secondary N) is 1. The Hall–Kier alpha value is -2.36. The van der Waals surface area contributed by atoms with Crippen molar-refractivity contribution in [3.8, 4) is 0 Å². The van der Waals surface area contributed by atoms with Gasteiger partial charge in [-0.1, -0.05) is 30.3 Å². The van der Waals surface area contributed by atoms with Gasteiger partial charge in [0.05, 0.1) is 11.3 Å². The van der Waals surface area contributed by atoms with Crippen LogP contribution in [0, 0.1) is 0 Å². The summed E-state index contributed by atoms with van der Waals surface area (Å²) >= 11 is 0. The SMILES string of the molecule is F[B][N+]1=CC=C/C1=C(\c1ccccc1)c1ccc[nH]1. The number of nitrogens with zero attached hydrogens (tertiary/aromatic N) is 1. The minimum atomic E-state index is 0.571. The maximum atomic E-state index is 13.0. The van der Waals surface area contributed by atoms with Gasteiger partial charge in [0.2, 0.25) is 0 Å². The number of allylic oxidation sites excluding steroid dienone is 2. The van der Waals surface area contributed by atoms with E-state index < -0.39 is 0 Å². The van der Waals surface area contributed by atoms with Crippen LogP contribution in [-0.4, -0.2) is 23.4 Å². The third kappa shape index (κ3) is 2.17. The molecule has 0 fully saturated rings. The molecule has 1 aromatic heterocycles. The second-order valence-corrected chi connectivity index (χ2v) is 4.22. The molecule has 1 aliphatic heterocycles. The van der Waals surface area contributed by atoms with Crippen LogP contribution in [-0.2, 0) is 0 Å². The van der Waals surface area contributed by atoms with Gasteiger partial charge in [0.25, 0.3) is 0 Å². The van der Waals surface area contributed by atoms with Crippen LogP contribution < -0.4 is 0 Å². The smallest absolute Gasteiger partial charge is 0.361 e. The molecule has 1 aliphatic rings. The molecule has 0 aliphatic carbocycles. The summed E-state index contributed by atoms with van der Waals surface area (Å²) in [5, 5.41) is 0. The average Bonchev–Trinajstić information content (AvgIpc) is 3.12. The second kappa shape index (κ2) is 5.10. The van der Waals surface area contributed by atoms with Crippen LogP contribution in [0.2, 0.25) is 0 Å². The van der Waals surface area contributed by atoms with Crippen molar-refractivity contribution in [2.45, 2.75) is 0 Å². The first-order chi connectivity index (χ1) is 9.40. The van der Waals surface area contributed by atoms with Crippen molar-refractivity contribution >= 4 is 19.5 Å². The Labute approximate surface area is 111 Å². The molecule has 3 rings (SSSR count). The molecule has 0 saturated carbocycles. The van der Waals surface area contributed by atoms with Crippen molar-refractivity contribution in [2.75, 3.05) is 0 Å². The summed E-state index contributed by atoms with van der Waals surface area (Å²) in [6.07, 6.45) is 7.29. The average molecular weight is 250 g/mol. The highest BCUT2D eigenvalue weighted by Crippen LogP contribution is 2.27. The van der Waals surface area contributed by atoms with Crippen molar-refractivity contribution in [1.29, 1.82) is 0 Å². The summed E-state index contributed by atoms with van der Waals surface area (Å²) in [5.41, 5.74) is 3.81. The summed E-state index contributed by atoms with van der Waals surface area (Å²) in [5.74, 6) is 0. The molecule has 91 valence electrons. The number of hydrogen-bond donors (Lipinski definition) is 1. The molecule has 1 radical (unpaired) electrons. The fourth-order valence-electron chi connectivity index (χ4n) is 2.22. The van der Waals surface area contributed by atoms with Crippen LogP contribution >= 0.6 is 0 Å². The number of aromatic amines is 1. The summed E-state index contributed by atoms with van der Waals surface area (Å²) in [6, 6.07) is 13.9. The Bertz CT molecular complexity index is 655. The maximum Gasteiger partial charge on any atom is 0.792 e. The van der Waals surface area contributed by atoms with Gasteiger partial charge in [0, 0.05) is 18.3 Å². The Morgan fingerprint density at radius 2 is 1.95 bits per heavy atom. The lowest BCUT2D eigenvalue weighted by atomic mass is 9.99. The van der Waals surface area contributed by atoms with Gasteiger partial charge in [-0.2, -0.15) is 0 Å². The Balaban J connectivity index is 2.22. The molecule has 0 unspecified atom stereocenters. The molecule has 0 amide bonds. The minimum absolute atomic E-state index is 0.571. The van der Waals surface area contributed by atoms with E-state index in [1.807, 2.05) is 60.8 Å². The molecular formula is C15H12BFN2+. The monoisotopic (exact) mass is 250 g/mol. The lowest BCUT2D eigenvalue weighted by Gasteiger charge is -2.07. The largest absolute Gasteiger partial charge is 0.792 e. The molecule has 0 spiro atoms. The van der Waals surface area contributed by atoms with E-state index in [2.05, 4.69) is 4.98 Å². The van der Waals surface area contributed by atoms with Crippen molar-refractivity contribution in [3.05, 3.63) is 77.8 Å². The summed E-state index contributed by atoms with van der Waals surface area (Å²) in [6.45, 7) is 0. The zero-order valence-electron chi connectivity index (χ0n) is 10.3. The lowest BCUT2D eigenvalue weighted by molar-refractivity contribution is -0.312. The highest BCUT2D eigenvalue weighted by molar-refractivity contribution is 6.17. The van der Waals surface area contributed by atoms with Gasteiger partial charge in [-0.3, -0.25) is 4.49 Å². The summed E-state index contributed by atoms with van der Waals surface area (Å²) in [4.78, 5) is 3.19. The highest BCUT2D eigenvalue weighted by atomic mass is 19.1. The fourth-order valence-corrected chi connectivity index (χ4v) is 2.22. The number of benzene rings is 1. The van der Waals surface area contributed by atoms with Gasteiger partial charge >= 0.3 is 7.69 Å². The third-order valence-corrected chi connectivity index (χ3v) is 3.07. The Morgan fingerprint density at radius 1 is 1.11 bits per heavy atom. The van der Waals surface area contributed by atoms with Crippen LogP contribution in [0.1, 0.15) is 11.3 Å². The van der Waals surface area contributed by atoms with Crippen molar-refractivity contribution < 1.29 is 8.80 Å². The van der Waals surface area contributed by atoms with E-state index in [4.69, 9.17) is 0 Å². The first-order valence-electron chi connectivity index (χ1n) is 6.07. The molecule has 0 saturated heterocycles. The van der Waals surface area contributed by atoms with Crippen LogP contribution in [0.25, 0.3) is 5.57 Å². The number of halogens is 1. The molecule has 0 bridgehead atoms. The molecule has 2 aromatic rings. The molecule has 4 heteroatoms. The molecule has 2 nitrogen and oxygen atoms in total. The van der Waals surface area contributed by atoms with Crippen LogP contribution in [0.4, 0.5) is 4.32 Å². The standard InChI is InChI=1S/C15H12BFN2/c17-16-19-11-5-9-14(19)15(13-8-4-10-18-13)12-6-2-1-3-7-12/h1-11,18H/q+1.